The van der Waals surface area contributed by atoms with Gasteiger partial charge in [0.05, 0.1) is 6.61 Å². The van der Waals surface area contributed by atoms with Crippen molar-refractivity contribution in [2.45, 2.75) is 26.3 Å². The lowest BCUT2D eigenvalue weighted by Gasteiger charge is -2.21. The summed E-state index contributed by atoms with van der Waals surface area (Å²) in [6.45, 7) is 5.32. The van der Waals surface area contributed by atoms with Crippen LogP contribution in [0.2, 0.25) is 0 Å². The van der Waals surface area contributed by atoms with Crippen molar-refractivity contribution in [3.8, 4) is 5.75 Å². The number of ether oxygens (including phenoxy) is 1. The number of oxime groups is 1. The van der Waals surface area contributed by atoms with Gasteiger partial charge in [-0.25, -0.2) is 0 Å². The Labute approximate surface area is 127 Å². The second-order valence-electron chi connectivity index (χ2n) is 4.86. The van der Waals surface area contributed by atoms with Crippen molar-refractivity contribution >= 4 is 21.8 Å². The summed E-state index contributed by atoms with van der Waals surface area (Å²) in [5, 5.41) is 11.6. The summed E-state index contributed by atoms with van der Waals surface area (Å²) < 4.78 is 6.83. The van der Waals surface area contributed by atoms with Crippen LogP contribution in [-0.4, -0.2) is 35.6 Å². The third kappa shape index (κ3) is 3.64. The van der Waals surface area contributed by atoms with E-state index in [0.717, 1.165) is 42.9 Å². The first kappa shape index (κ1) is 15.1. The van der Waals surface area contributed by atoms with Crippen molar-refractivity contribution in [1.82, 2.24) is 4.90 Å². The molecule has 0 aromatic heterocycles. The molecule has 1 heterocycles. The molecule has 1 aromatic carbocycles. The Balaban J connectivity index is 2.08. The second-order valence-corrected chi connectivity index (χ2v) is 5.78. The minimum atomic E-state index is 0.263. The molecule has 1 aliphatic heterocycles. The van der Waals surface area contributed by atoms with Crippen LogP contribution in [0.15, 0.2) is 21.8 Å². The highest BCUT2D eigenvalue weighted by atomic mass is 79.9. The van der Waals surface area contributed by atoms with Gasteiger partial charge in [0.2, 0.25) is 0 Å². The Kier molecular flexibility index (Phi) is 5.25. The molecule has 0 radical (unpaired) electrons. The molecule has 1 aliphatic rings. The first-order chi connectivity index (χ1) is 9.63. The maximum atomic E-state index is 8.59. The van der Waals surface area contributed by atoms with E-state index in [1.54, 1.807) is 0 Å². The summed E-state index contributed by atoms with van der Waals surface area (Å²) in [7, 11) is 0. The quantitative estimate of drug-likeness (QED) is 0.360. The van der Waals surface area contributed by atoms with Gasteiger partial charge in [-0.2, -0.15) is 0 Å². The Hall–Kier alpha value is -1.27. The van der Waals surface area contributed by atoms with Gasteiger partial charge in [0.15, 0.2) is 0 Å². The molecule has 0 bridgehead atoms. The molecule has 6 heteroatoms. The summed E-state index contributed by atoms with van der Waals surface area (Å²) in [5.74, 6) is 1.29. The first-order valence-electron chi connectivity index (χ1n) is 6.77. The van der Waals surface area contributed by atoms with Crippen molar-refractivity contribution in [2.75, 3.05) is 19.7 Å². The molecule has 0 atom stereocenters. The molecule has 0 unspecified atom stereocenters. The van der Waals surface area contributed by atoms with Crippen molar-refractivity contribution < 1.29 is 9.94 Å². The van der Waals surface area contributed by atoms with Gasteiger partial charge in [-0.1, -0.05) is 28.0 Å². The zero-order valence-electron chi connectivity index (χ0n) is 11.6. The summed E-state index contributed by atoms with van der Waals surface area (Å²) in [6.07, 6.45) is 1.53. The third-order valence-electron chi connectivity index (χ3n) is 3.48. The van der Waals surface area contributed by atoms with Crippen LogP contribution >= 0.6 is 15.9 Å². The molecule has 0 saturated carbocycles. The van der Waals surface area contributed by atoms with Crippen LogP contribution < -0.4 is 10.5 Å². The highest BCUT2D eigenvalue weighted by molar-refractivity contribution is 9.10. The number of hydrogen-bond acceptors (Lipinski definition) is 4. The number of nitrogens with zero attached hydrogens (tertiary/aromatic N) is 2. The lowest BCUT2D eigenvalue weighted by molar-refractivity contribution is 0.276. The van der Waals surface area contributed by atoms with Gasteiger partial charge in [-0.3, -0.25) is 4.90 Å². The molecule has 0 aliphatic carbocycles. The predicted octanol–water partition coefficient (Wildman–Crippen LogP) is 2.34. The zero-order valence-corrected chi connectivity index (χ0v) is 13.2. The van der Waals surface area contributed by atoms with E-state index in [2.05, 4.69) is 45.0 Å². The van der Waals surface area contributed by atoms with E-state index >= 15 is 0 Å². The van der Waals surface area contributed by atoms with Crippen molar-refractivity contribution in [1.29, 1.82) is 0 Å². The molecule has 0 fully saturated rings. The molecule has 20 heavy (non-hydrogen) atoms. The summed E-state index contributed by atoms with van der Waals surface area (Å²) in [4.78, 5) is 2.25. The number of halogens is 1. The molecule has 0 saturated heterocycles. The summed E-state index contributed by atoms with van der Waals surface area (Å²) in [6, 6.07) is 4.23. The van der Waals surface area contributed by atoms with E-state index in [4.69, 9.17) is 15.7 Å². The van der Waals surface area contributed by atoms with Crippen LogP contribution in [-0.2, 0) is 13.0 Å². The number of benzene rings is 1. The molecule has 3 N–H and O–H groups in total. The summed E-state index contributed by atoms with van der Waals surface area (Å²) in [5.41, 5.74) is 7.98. The average molecular weight is 342 g/mol. The lowest BCUT2D eigenvalue weighted by Crippen LogP contribution is -2.28. The molecule has 5 nitrogen and oxygen atoms in total. The SMILES string of the molecule is CCN(CC/C(N)=N/O)Cc1cc(Br)cc2c1OCC2. The van der Waals surface area contributed by atoms with E-state index in [9.17, 15) is 0 Å². The largest absolute Gasteiger partial charge is 0.493 e. The molecule has 110 valence electrons. The van der Waals surface area contributed by atoms with Crippen LogP contribution in [0.4, 0.5) is 0 Å². The second kappa shape index (κ2) is 6.95. The number of rotatable bonds is 6. The Morgan fingerprint density at radius 2 is 2.35 bits per heavy atom. The highest BCUT2D eigenvalue weighted by Crippen LogP contribution is 2.33. The van der Waals surface area contributed by atoms with Gasteiger partial charge in [-0.15, -0.1) is 0 Å². The van der Waals surface area contributed by atoms with E-state index in [1.165, 1.54) is 11.1 Å². The van der Waals surface area contributed by atoms with Crippen LogP contribution in [0.25, 0.3) is 0 Å². The predicted molar refractivity (Wildman–Crippen MR) is 82.3 cm³/mol. The number of hydrogen-bond donors (Lipinski definition) is 2. The minimum Gasteiger partial charge on any atom is -0.493 e. The van der Waals surface area contributed by atoms with Crippen molar-refractivity contribution in [2.24, 2.45) is 10.9 Å². The maximum Gasteiger partial charge on any atom is 0.140 e. The van der Waals surface area contributed by atoms with E-state index in [0.29, 0.717) is 6.42 Å². The molecule has 1 aromatic rings. The molecule has 2 rings (SSSR count). The monoisotopic (exact) mass is 341 g/mol. The molecule has 0 amide bonds. The van der Waals surface area contributed by atoms with Gasteiger partial charge in [0, 0.05) is 36.0 Å². The Bertz CT molecular complexity index is 505. The fourth-order valence-electron chi connectivity index (χ4n) is 2.38. The van der Waals surface area contributed by atoms with E-state index < -0.39 is 0 Å². The van der Waals surface area contributed by atoms with Gasteiger partial charge in [0.25, 0.3) is 0 Å². The summed E-state index contributed by atoms with van der Waals surface area (Å²) >= 11 is 3.55. The van der Waals surface area contributed by atoms with Crippen LogP contribution in [0, 0.1) is 0 Å². The van der Waals surface area contributed by atoms with Gasteiger partial charge >= 0.3 is 0 Å². The fraction of sp³-hybridized carbons (Fsp3) is 0.500. The number of nitrogens with two attached hydrogens (primary N) is 1. The van der Waals surface area contributed by atoms with Crippen molar-refractivity contribution in [3.05, 3.63) is 27.7 Å². The smallest absolute Gasteiger partial charge is 0.140 e. The lowest BCUT2D eigenvalue weighted by atomic mass is 10.1. The molecule has 0 spiro atoms. The van der Waals surface area contributed by atoms with E-state index in [1.807, 2.05) is 0 Å². The van der Waals surface area contributed by atoms with Crippen molar-refractivity contribution in [3.63, 3.8) is 0 Å². The standard InChI is InChI=1S/C14H20BrN3O2/c1-2-18(5-3-13(16)17-19)9-11-8-12(15)7-10-4-6-20-14(10)11/h7-8,19H,2-6,9H2,1H3,(H2,16,17). The zero-order chi connectivity index (χ0) is 14.5. The Morgan fingerprint density at radius 3 is 3.05 bits per heavy atom. The average Bonchev–Trinajstić information content (AvgIpc) is 2.90. The van der Waals surface area contributed by atoms with E-state index in [-0.39, 0.29) is 5.84 Å². The van der Waals surface area contributed by atoms with Gasteiger partial charge in [0.1, 0.15) is 11.6 Å². The normalized spacial score (nSPS) is 14.4. The third-order valence-corrected chi connectivity index (χ3v) is 3.94. The first-order valence-corrected chi connectivity index (χ1v) is 7.56. The number of amidine groups is 1. The van der Waals surface area contributed by atoms with Gasteiger partial charge < -0.3 is 15.7 Å². The number of fused-ring (bicyclic) bond motifs is 1. The topological polar surface area (TPSA) is 71.1 Å². The highest BCUT2D eigenvalue weighted by Gasteiger charge is 2.18. The molecular formula is C14H20BrN3O2. The van der Waals surface area contributed by atoms with Crippen LogP contribution in [0.1, 0.15) is 24.5 Å². The van der Waals surface area contributed by atoms with Crippen LogP contribution in [0.3, 0.4) is 0 Å². The Morgan fingerprint density at radius 1 is 1.55 bits per heavy atom. The van der Waals surface area contributed by atoms with Gasteiger partial charge in [-0.05, 0) is 24.2 Å². The fourth-order valence-corrected chi connectivity index (χ4v) is 2.93. The maximum absolute atomic E-state index is 8.59. The van der Waals surface area contributed by atoms with Crippen LogP contribution in [0.5, 0.6) is 5.75 Å². The minimum absolute atomic E-state index is 0.263. The molecular weight excluding hydrogens is 322 g/mol.